The van der Waals surface area contributed by atoms with Crippen LogP contribution in [-0.4, -0.2) is 48.0 Å². The molecule has 1 aliphatic rings. The van der Waals surface area contributed by atoms with Gasteiger partial charge in [0.25, 0.3) is 0 Å². The first-order valence-electron chi connectivity index (χ1n) is 8.61. The van der Waals surface area contributed by atoms with Crippen molar-refractivity contribution in [3.8, 4) is 0 Å². The van der Waals surface area contributed by atoms with Crippen molar-refractivity contribution in [2.24, 2.45) is 0 Å². The SMILES string of the molecule is Cc1ccc(NC(=O)[C@H](C)N2CCN(c3ccncc3Cl)CC2)c(Br)c1. The molecule has 1 aromatic carbocycles. The van der Waals surface area contributed by atoms with Crippen molar-refractivity contribution < 1.29 is 4.79 Å². The number of carbonyl (C=O) groups is 1. The van der Waals surface area contributed by atoms with Gasteiger partial charge in [0, 0.05) is 43.0 Å². The fourth-order valence-corrected chi connectivity index (χ4v) is 3.93. The van der Waals surface area contributed by atoms with E-state index in [1.54, 1.807) is 12.4 Å². The molecule has 2 aromatic rings. The van der Waals surface area contributed by atoms with Gasteiger partial charge in [-0.05, 0) is 53.5 Å². The van der Waals surface area contributed by atoms with Gasteiger partial charge in [0.15, 0.2) is 0 Å². The van der Waals surface area contributed by atoms with Crippen LogP contribution in [-0.2, 0) is 4.79 Å². The van der Waals surface area contributed by atoms with Gasteiger partial charge in [-0.2, -0.15) is 0 Å². The van der Waals surface area contributed by atoms with Gasteiger partial charge in [0.1, 0.15) is 0 Å². The Hall–Kier alpha value is -1.63. The van der Waals surface area contributed by atoms with Gasteiger partial charge in [-0.1, -0.05) is 17.7 Å². The smallest absolute Gasteiger partial charge is 0.241 e. The van der Waals surface area contributed by atoms with E-state index in [1.807, 2.05) is 38.1 Å². The van der Waals surface area contributed by atoms with E-state index in [4.69, 9.17) is 11.6 Å². The van der Waals surface area contributed by atoms with E-state index >= 15 is 0 Å². The van der Waals surface area contributed by atoms with Crippen molar-refractivity contribution >= 4 is 44.8 Å². The summed E-state index contributed by atoms with van der Waals surface area (Å²) in [5.74, 6) is 0.00458. The molecule has 0 unspecified atom stereocenters. The van der Waals surface area contributed by atoms with E-state index < -0.39 is 0 Å². The summed E-state index contributed by atoms with van der Waals surface area (Å²) in [6.45, 7) is 7.25. The molecule has 1 saturated heterocycles. The summed E-state index contributed by atoms with van der Waals surface area (Å²) in [5, 5.41) is 3.68. The number of benzene rings is 1. The summed E-state index contributed by atoms with van der Waals surface area (Å²) in [7, 11) is 0. The third-order valence-corrected chi connectivity index (χ3v) is 5.66. The summed E-state index contributed by atoms with van der Waals surface area (Å²) >= 11 is 9.75. The molecule has 5 nitrogen and oxygen atoms in total. The lowest BCUT2D eigenvalue weighted by atomic mass is 10.2. The van der Waals surface area contributed by atoms with Gasteiger partial charge < -0.3 is 10.2 Å². The largest absolute Gasteiger partial charge is 0.368 e. The molecule has 0 spiro atoms. The van der Waals surface area contributed by atoms with Crippen LogP contribution in [0.5, 0.6) is 0 Å². The molecule has 2 heterocycles. The molecule has 1 aromatic heterocycles. The zero-order valence-corrected chi connectivity index (χ0v) is 17.2. The molecule has 0 bridgehead atoms. The normalized spacial score (nSPS) is 16.4. The highest BCUT2D eigenvalue weighted by atomic mass is 79.9. The number of halogens is 2. The van der Waals surface area contributed by atoms with E-state index in [2.05, 4.69) is 36.0 Å². The van der Waals surface area contributed by atoms with Crippen molar-refractivity contribution in [2.75, 3.05) is 36.4 Å². The topological polar surface area (TPSA) is 48.5 Å². The monoisotopic (exact) mass is 436 g/mol. The molecule has 1 fully saturated rings. The number of rotatable bonds is 4. The maximum atomic E-state index is 12.6. The van der Waals surface area contributed by atoms with E-state index in [0.29, 0.717) is 5.02 Å². The summed E-state index contributed by atoms with van der Waals surface area (Å²) in [5.41, 5.74) is 2.95. The second-order valence-electron chi connectivity index (χ2n) is 6.50. The van der Waals surface area contributed by atoms with Crippen molar-refractivity contribution in [2.45, 2.75) is 19.9 Å². The number of amides is 1. The Morgan fingerprint density at radius 1 is 1.27 bits per heavy atom. The Morgan fingerprint density at radius 3 is 2.65 bits per heavy atom. The molecule has 1 aliphatic heterocycles. The lowest BCUT2D eigenvalue weighted by molar-refractivity contribution is -0.120. The number of hydrogen-bond acceptors (Lipinski definition) is 4. The molecule has 1 N–H and O–H groups in total. The predicted octanol–water partition coefficient (Wildman–Crippen LogP) is 3.96. The van der Waals surface area contributed by atoms with Crippen molar-refractivity contribution in [1.82, 2.24) is 9.88 Å². The Labute approximate surface area is 167 Å². The number of carbonyl (C=O) groups excluding carboxylic acids is 1. The number of nitrogens with one attached hydrogen (secondary N) is 1. The molecule has 0 radical (unpaired) electrons. The molecule has 138 valence electrons. The van der Waals surface area contributed by atoms with E-state index in [-0.39, 0.29) is 11.9 Å². The fraction of sp³-hybridized carbons (Fsp3) is 0.368. The first kappa shape index (κ1) is 19.1. The number of hydrogen-bond donors (Lipinski definition) is 1. The van der Waals surface area contributed by atoms with Crippen LogP contribution in [0.15, 0.2) is 41.1 Å². The predicted molar refractivity (Wildman–Crippen MR) is 110 cm³/mol. The van der Waals surface area contributed by atoms with E-state index in [9.17, 15) is 4.79 Å². The highest BCUT2D eigenvalue weighted by Gasteiger charge is 2.26. The number of nitrogens with zero attached hydrogens (tertiary/aromatic N) is 3. The van der Waals surface area contributed by atoms with Crippen molar-refractivity contribution in [3.05, 3.63) is 51.7 Å². The first-order valence-corrected chi connectivity index (χ1v) is 9.78. The number of anilines is 2. The summed E-state index contributed by atoms with van der Waals surface area (Å²) < 4.78 is 0.898. The number of aromatic nitrogens is 1. The van der Waals surface area contributed by atoms with Crippen LogP contribution in [0.25, 0.3) is 0 Å². The van der Waals surface area contributed by atoms with Gasteiger partial charge in [-0.15, -0.1) is 0 Å². The van der Waals surface area contributed by atoms with Crippen LogP contribution >= 0.6 is 27.5 Å². The average molecular weight is 438 g/mol. The molecule has 0 saturated carbocycles. The minimum absolute atomic E-state index is 0.00458. The lowest BCUT2D eigenvalue weighted by Crippen LogP contribution is -2.52. The molecule has 26 heavy (non-hydrogen) atoms. The van der Waals surface area contributed by atoms with Gasteiger partial charge in [-0.3, -0.25) is 14.7 Å². The second-order valence-corrected chi connectivity index (χ2v) is 7.76. The van der Waals surface area contributed by atoms with Crippen LogP contribution < -0.4 is 10.2 Å². The zero-order chi connectivity index (χ0) is 18.7. The van der Waals surface area contributed by atoms with E-state index in [0.717, 1.165) is 47.6 Å². The van der Waals surface area contributed by atoms with Gasteiger partial charge in [-0.25, -0.2) is 0 Å². The Morgan fingerprint density at radius 2 is 2.00 bits per heavy atom. The third-order valence-electron chi connectivity index (χ3n) is 4.72. The second kappa shape index (κ2) is 8.37. The highest BCUT2D eigenvalue weighted by Crippen LogP contribution is 2.26. The Bertz CT molecular complexity index is 793. The minimum atomic E-state index is -0.196. The van der Waals surface area contributed by atoms with Crippen molar-refractivity contribution in [1.29, 1.82) is 0 Å². The fourth-order valence-electron chi connectivity index (χ4n) is 3.10. The highest BCUT2D eigenvalue weighted by molar-refractivity contribution is 9.10. The van der Waals surface area contributed by atoms with Gasteiger partial charge in [0.05, 0.1) is 22.4 Å². The number of aryl methyl sites for hydroxylation is 1. The minimum Gasteiger partial charge on any atom is -0.368 e. The van der Waals surface area contributed by atoms with Crippen LogP contribution in [0.2, 0.25) is 5.02 Å². The number of piperazine rings is 1. The molecule has 7 heteroatoms. The summed E-state index contributed by atoms with van der Waals surface area (Å²) in [6.07, 6.45) is 3.42. The number of pyridine rings is 1. The molecular weight excluding hydrogens is 416 g/mol. The van der Waals surface area contributed by atoms with Gasteiger partial charge >= 0.3 is 0 Å². The van der Waals surface area contributed by atoms with E-state index in [1.165, 1.54) is 0 Å². The van der Waals surface area contributed by atoms with Crippen LogP contribution in [0, 0.1) is 6.92 Å². The molecule has 0 aliphatic carbocycles. The van der Waals surface area contributed by atoms with Crippen molar-refractivity contribution in [3.63, 3.8) is 0 Å². The average Bonchev–Trinajstić information content (AvgIpc) is 2.64. The molecule has 1 atom stereocenters. The van der Waals surface area contributed by atoms with Crippen LogP contribution in [0.3, 0.4) is 0 Å². The first-order chi connectivity index (χ1) is 12.5. The lowest BCUT2D eigenvalue weighted by Gasteiger charge is -2.38. The standard InChI is InChI=1S/C19H22BrClN4O/c1-13-3-4-17(15(20)11-13)23-19(26)14(2)24-7-9-25(10-8-24)18-5-6-22-12-16(18)21/h3-6,11-12,14H,7-10H2,1-2H3,(H,23,26)/t14-/m0/s1. The van der Waals surface area contributed by atoms with Crippen LogP contribution in [0.1, 0.15) is 12.5 Å². The maximum Gasteiger partial charge on any atom is 0.241 e. The van der Waals surface area contributed by atoms with Gasteiger partial charge in [0.2, 0.25) is 5.91 Å². The molecule has 3 rings (SSSR count). The Kier molecular flexibility index (Phi) is 6.16. The summed E-state index contributed by atoms with van der Waals surface area (Å²) in [6, 6.07) is 7.65. The summed E-state index contributed by atoms with van der Waals surface area (Å²) in [4.78, 5) is 21.1. The zero-order valence-electron chi connectivity index (χ0n) is 14.9. The van der Waals surface area contributed by atoms with Crippen LogP contribution in [0.4, 0.5) is 11.4 Å². The molecular formula is C19H22BrClN4O. The quantitative estimate of drug-likeness (QED) is 0.787. The third kappa shape index (κ3) is 4.37. The Balaban J connectivity index is 1.58. The maximum absolute atomic E-state index is 12.6. The molecule has 1 amide bonds.